The standard InChI is InChI=1S/C14H16N4O2S/c15-21(19,20)11-10-16-12-6-8-14(9-7-12)18-17-13-4-2-1-3-5-13/h1-9,16H,10-11H2,(H2,15,19,20). The summed E-state index contributed by atoms with van der Waals surface area (Å²) in [5.41, 5.74) is 2.31. The monoisotopic (exact) mass is 304 g/mol. The van der Waals surface area contributed by atoms with Crippen LogP contribution >= 0.6 is 0 Å². The van der Waals surface area contributed by atoms with E-state index in [0.29, 0.717) is 0 Å². The van der Waals surface area contributed by atoms with Crippen molar-refractivity contribution in [3.63, 3.8) is 0 Å². The number of rotatable bonds is 6. The molecule has 0 heterocycles. The summed E-state index contributed by atoms with van der Waals surface area (Å²) in [6.45, 7) is 0.268. The third-order valence-corrected chi connectivity index (χ3v) is 3.39. The lowest BCUT2D eigenvalue weighted by atomic mass is 10.3. The van der Waals surface area contributed by atoms with E-state index in [1.165, 1.54) is 0 Å². The Balaban J connectivity index is 1.91. The molecule has 21 heavy (non-hydrogen) atoms. The largest absolute Gasteiger partial charge is 0.384 e. The Morgan fingerprint density at radius 3 is 2.05 bits per heavy atom. The van der Waals surface area contributed by atoms with E-state index in [4.69, 9.17) is 5.14 Å². The number of hydrogen-bond acceptors (Lipinski definition) is 5. The highest BCUT2D eigenvalue weighted by molar-refractivity contribution is 7.89. The predicted octanol–water partition coefficient (Wildman–Crippen LogP) is 2.80. The van der Waals surface area contributed by atoms with E-state index in [2.05, 4.69) is 15.5 Å². The van der Waals surface area contributed by atoms with Crippen molar-refractivity contribution in [1.29, 1.82) is 0 Å². The lowest BCUT2D eigenvalue weighted by Gasteiger charge is -2.05. The molecule has 0 amide bonds. The molecular formula is C14H16N4O2S. The molecule has 0 atom stereocenters. The van der Waals surface area contributed by atoms with Crippen LogP contribution in [-0.4, -0.2) is 20.7 Å². The Morgan fingerprint density at radius 2 is 1.48 bits per heavy atom. The van der Waals surface area contributed by atoms with Gasteiger partial charge in [0, 0.05) is 12.2 Å². The van der Waals surface area contributed by atoms with Crippen LogP contribution in [0.2, 0.25) is 0 Å². The summed E-state index contributed by atoms with van der Waals surface area (Å²) >= 11 is 0. The number of nitrogens with one attached hydrogen (secondary N) is 1. The highest BCUT2D eigenvalue weighted by Gasteiger charge is 2.01. The molecule has 0 unspecified atom stereocenters. The van der Waals surface area contributed by atoms with Crippen molar-refractivity contribution >= 4 is 27.1 Å². The van der Waals surface area contributed by atoms with E-state index < -0.39 is 10.0 Å². The maximum absolute atomic E-state index is 10.8. The number of hydrogen-bond donors (Lipinski definition) is 2. The Bertz CT molecular complexity index is 698. The molecule has 0 fully saturated rings. The van der Waals surface area contributed by atoms with Gasteiger partial charge in [0.15, 0.2) is 0 Å². The van der Waals surface area contributed by atoms with E-state index >= 15 is 0 Å². The molecule has 7 heteroatoms. The zero-order chi connectivity index (χ0) is 15.1. The van der Waals surface area contributed by atoms with Gasteiger partial charge in [0.1, 0.15) is 0 Å². The van der Waals surface area contributed by atoms with Crippen LogP contribution in [-0.2, 0) is 10.0 Å². The van der Waals surface area contributed by atoms with Crippen LogP contribution in [0.25, 0.3) is 0 Å². The number of azo groups is 1. The van der Waals surface area contributed by atoms with E-state index in [1.807, 2.05) is 42.5 Å². The van der Waals surface area contributed by atoms with Crippen molar-refractivity contribution < 1.29 is 8.42 Å². The van der Waals surface area contributed by atoms with Gasteiger partial charge in [-0.2, -0.15) is 10.2 Å². The Labute approximate surface area is 123 Å². The summed E-state index contributed by atoms with van der Waals surface area (Å²) < 4.78 is 21.6. The van der Waals surface area contributed by atoms with Crippen LogP contribution < -0.4 is 10.5 Å². The number of sulfonamides is 1. The highest BCUT2D eigenvalue weighted by atomic mass is 32.2. The summed E-state index contributed by atoms with van der Waals surface area (Å²) in [5, 5.41) is 16.1. The summed E-state index contributed by atoms with van der Waals surface area (Å²) in [4.78, 5) is 0. The van der Waals surface area contributed by atoms with Crippen LogP contribution in [0.3, 0.4) is 0 Å². The Hall–Kier alpha value is -2.25. The second kappa shape index (κ2) is 6.96. The van der Waals surface area contributed by atoms with Crippen LogP contribution in [0.15, 0.2) is 64.8 Å². The van der Waals surface area contributed by atoms with Crippen LogP contribution in [0, 0.1) is 0 Å². The first-order valence-corrected chi connectivity index (χ1v) is 8.06. The molecule has 6 nitrogen and oxygen atoms in total. The number of benzene rings is 2. The predicted molar refractivity (Wildman–Crippen MR) is 83.5 cm³/mol. The fourth-order valence-corrected chi connectivity index (χ4v) is 1.98. The van der Waals surface area contributed by atoms with Gasteiger partial charge in [0.05, 0.1) is 17.1 Å². The molecule has 2 aromatic carbocycles. The first kappa shape index (κ1) is 15.1. The Kier molecular flexibility index (Phi) is 5.02. The first-order chi connectivity index (χ1) is 10.0. The normalized spacial score (nSPS) is 11.7. The lowest BCUT2D eigenvalue weighted by molar-refractivity contribution is 0.598. The Morgan fingerprint density at radius 1 is 0.905 bits per heavy atom. The van der Waals surface area contributed by atoms with Crippen molar-refractivity contribution in [1.82, 2.24) is 0 Å². The number of nitrogens with zero attached hydrogens (tertiary/aromatic N) is 2. The fourth-order valence-electron chi connectivity index (χ4n) is 1.59. The molecule has 0 radical (unpaired) electrons. The number of primary sulfonamides is 1. The average Bonchev–Trinajstić information content (AvgIpc) is 2.46. The fraction of sp³-hybridized carbons (Fsp3) is 0.143. The minimum absolute atomic E-state index is 0.109. The second-order valence-electron chi connectivity index (χ2n) is 4.38. The van der Waals surface area contributed by atoms with Crippen LogP contribution in [0.5, 0.6) is 0 Å². The van der Waals surface area contributed by atoms with Crippen molar-refractivity contribution in [3.8, 4) is 0 Å². The second-order valence-corrected chi connectivity index (χ2v) is 6.11. The quantitative estimate of drug-likeness (QED) is 0.803. The van der Waals surface area contributed by atoms with Gasteiger partial charge < -0.3 is 5.32 Å². The van der Waals surface area contributed by atoms with E-state index in [0.717, 1.165) is 17.1 Å². The lowest BCUT2D eigenvalue weighted by Crippen LogP contribution is -2.22. The van der Waals surface area contributed by atoms with Gasteiger partial charge in [0.25, 0.3) is 0 Å². The summed E-state index contributed by atoms with van der Waals surface area (Å²) in [7, 11) is -3.44. The van der Waals surface area contributed by atoms with Gasteiger partial charge in [-0.3, -0.25) is 0 Å². The van der Waals surface area contributed by atoms with Crippen LogP contribution in [0.4, 0.5) is 17.1 Å². The molecule has 3 N–H and O–H groups in total. The van der Waals surface area contributed by atoms with Gasteiger partial charge >= 0.3 is 0 Å². The minimum atomic E-state index is -3.44. The summed E-state index contributed by atoms with van der Waals surface area (Å²) in [6.07, 6.45) is 0. The third-order valence-electron chi connectivity index (χ3n) is 2.62. The maximum Gasteiger partial charge on any atom is 0.210 e. The van der Waals surface area contributed by atoms with E-state index in [-0.39, 0.29) is 12.3 Å². The average molecular weight is 304 g/mol. The van der Waals surface area contributed by atoms with Crippen molar-refractivity contribution in [2.24, 2.45) is 15.4 Å². The smallest absolute Gasteiger partial charge is 0.210 e. The SMILES string of the molecule is NS(=O)(=O)CCNc1ccc(N=Nc2ccccc2)cc1. The maximum atomic E-state index is 10.8. The molecule has 0 aliphatic heterocycles. The molecule has 0 aromatic heterocycles. The molecule has 0 spiro atoms. The van der Waals surface area contributed by atoms with Crippen molar-refractivity contribution in [2.45, 2.75) is 0 Å². The molecule has 0 aliphatic carbocycles. The molecule has 0 saturated carbocycles. The zero-order valence-corrected chi connectivity index (χ0v) is 12.1. The topological polar surface area (TPSA) is 96.9 Å². The van der Waals surface area contributed by atoms with Gasteiger partial charge in [-0.05, 0) is 36.4 Å². The minimum Gasteiger partial charge on any atom is -0.384 e. The highest BCUT2D eigenvalue weighted by Crippen LogP contribution is 2.19. The van der Waals surface area contributed by atoms with Crippen molar-refractivity contribution in [2.75, 3.05) is 17.6 Å². The van der Waals surface area contributed by atoms with Crippen molar-refractivity contribution in [3.05, 3.63) is 54.6 Å². The number of nitrogens with two attached hydrogens (primary N) is 1. The number of anilines is 1. The van der Waals surface area contributed by atoms with Gasteiger partial charge in [0.2, 0.25) is 10.0 Å². The summed E-state index contributed by atoms with van der Waals surface area (Å²) in [5.74, 6) is -0.109. The molecule has 110 valence electrons. The molecule has 0 saturated heterocycles. The molecule has 0 bridgehead atoms. The third kappa shape index (κ3) is 5.72. The molecule has 0 aliphatic rings. The summed E-state index contributed by atoms with van der Waals surface area (Å²) in [6, 6.07) is 16.7. The molecular weight excluding hydrogens is 288 g/mol. The van der Waals surface area contributed by atoms with Crippen LogP contribution in [0.1, 0.15) is 0 Å². The van der Waals surface area contributed by atoms with Gasteiger partial charge in [-0.25, -0.2) is 13.6 Å². The molecule has 2 aromatic rings. The molecule has 2 rings (SSSR count). The van der Waals surface area contributed by atoms with Gasteiger partial charge in [-0.15, -0.1) is 0 Å². The first-order valence-electron chi connectivity index (χ1n) is 6.34. The van der Waals surface area contributed by atoms with Gasteiger partial charge in [-0.1, -0.05) is 18.2 Å². The van der Waals surface area contributed by atoms with E-state index in [9.17, 15) is 8.42 Å². The van der Waals surface area contributed by atoms with E-state index in [1.54, 1.807) is 12.1 Å². The zero-order valence-electron chi connectivity index (χ0n) is 11.3.